The molecule has 21 heavy (non-hydrogen) atoms. The van der Waals surface area contributed by atoms with Gasteiger partial charge in [-0.25, -0.2) is 12.8 Å². The molecular weight excluding hydrogens is 361 g/mol. The SMILES string of the molecule is CS(=O)(=O)c1ccc(NC(=O)c2cccc(F)c2Br)cc1. The molecule has 0 aliphatic carbocycles. The van der Waals surface area contributed by atoms with Gasteiger partial charge < -0.3 is 5.32 Å². The first-order valence-electron chi connectivity index (χ1n) is 5.84. The van der Waals surface area contributed by atoms with Crippen LogP contribution in [0.2, 0.25) is 0 Å². The summed E-state index contributed by atoms with van der Waals surface area (Å²) in [6.45, 7) is 0. The van der Waals surface area contributed by atoms with E-state index in [2.05, 4.69) is 21.2 Å². The van der Waals surface area contributed by atoms with Gasteiger partial charge in [-0.1, -0.05) is 6.07 Å². The minimum absolute atomic E-state index is 0.0789. The van der Waals surface area contributed by atoms with Gasteiger partial charge in [0.25, 0.3) is 5.91 Å². The van der Waals surface area contributed by atoms with Crippen LogP contribution < -0.4 is 5.32 Å². The smallest absolute Gasteiger partial charge is 0.256 e. The molecule has 0 aliphatic rings. The molecule has 0 unspecified atom stereocenters. The van der Waals surface area contributed by atoms with Crippen molar-refractivity contribution in [1.82, 2.24) is 0 Å². The van der Waals surface area contributed by atoms with E-state index in [1.54, 1.807) is 0 Å². The Labute approximate surface area is 130 Å². The van der Waals surface area contributed by atoms with Crippen LogP contribution in [0.3, 0.4) is 0 Å². The molecule has 110 valence electrons. The quantitative estimate of drug-likeness (QED) is 0.900. The van der Waals surface area contributed by atoms with E-state index >= 15 is 0 Å². The van der Waals surface area contributed by atoms with Crippen molar-refractivity contribution in [3.05, 3.63) is 58.3 Å². The van der Waals surface area contributed by atoms with Gasteiger partial charge >= 0.3 is 0 Å². The summed E-state index contributed by atoms with van der Waals surface area (Å²) in [6, 6.07) is 9.89. The summed E-state index contributed by atoms with van der Waals surface area (Å²) >= 11 is 3.02. The van der Waals surface area contributed by atoms with Crippen LogP contribution in [-0.4, -0.2) is 20.6 Å². The van der Waals surface area contributed by atoms with Crippen LogP contribution in [0.4, 0.5) is 10.1 Å². The third-order valence-corrected chi connectivity index (χ3v) is 4.67. The third-order valence-electron chi connectivity index (χ3n) is 2.74. The fraction of sp³-hybridized carbons (Fsp3) is 0.0714. The van der Waals surface area contributed by atoms with E-state index in [4.69, 9.17) is 0 Å². The maximum absolute atomic E-state index is 13.4. The molecule has 2 aromatic carbocycles. The Morgan fingerprint density at radius 3 is 2.33 bits per heavy atom. The van der Waals surface area contributed by atoms with Gasteiger partial charge in [0.05, 0.1) is 14.9 Å². The van der Waals surface area contributed by atoms with Crippen LogP contribution in [0.25, 0.3) is 0 Å². The summed E-state index contributed by atoms with van der Waals surface area (Å²) in [5.74, 6) is -1.02. The van der Waals surface area contributed by atoms with Gasteiger partial charge in [-0.3, -0.25) is 4.79 Å². The Morgan fingerprint density at radius 2 is 1.76 bits per heavy atom. The highest BCUT2D eigenvalue weighted by Gasteiger charge is 2.13. The molecule has 4 nitrogen and oxygen atoms in total. The standard InChI is InChI=1S/C14H11BrFNO3S/c1-21(19,20)10-7-5-9(6-8-10)17-14(18)11-3-2-4-12(16)13(11)15/h2-8H,1H3,(H,17,18). The maximum Gasteiger partial charge on any atom is 0.256 e. The summed E-state index contributed by atoms with van der Waals surface area (Å²) < 4.78 is 36.1. The van der Waals surface area contributed by atoms with Crippen molar-refractivity contribution in [2.45, 2.75) is 4.90 Å². The molecule has 0 saturated carbocycles. The molecule has 0 saturated heterocycles. The summed E-state index contributed by atoms with van der Waals surface area (Å²) in [4.78, 5) is 12.2. The van der Waals surface area contributed by atoms with E-state index in [0.29, 0.717) is 5.69 Å². The lowest BCUT2D eigenvalue weighted by atomic mass is 10.2. The van der Waals surface area contributed by atoms with E-state index in [0.717, 1.165) is 6.26 Å². The lowest BCUT2D eigenvalue weighted by molar-refractivity contribution is 0.102. The zero-order chi connectivity index (χ0) is 15.6. The highest BCUT2D eigenvalue weighted by Crippen LogP contribution is 2.22. The molecular formula is C14H11BrFNO3S. The molecule has 0 fully saturated rings. The zero-order valence-electron chi connectivity index (χ0n) is 10.9. The summed E-state index contributed by atoms with van der Waals surface area (Å²) in [5, 5.41) is 2.57. The molecule has 7 heteroatoms. The molecule has 0 radical (unpaired) electrons. The van der Waals surface area contributed by atoms with E-state index in [9.17, 15) is 17.6 Å². The van der Waals surface area contributed by atoms with Gasteiger partial charge in [0.2, 0.25) is 0 Å². The normalized spacial score (nSPS) is 11.2. The fourth-order valence-corrected chi connectivity index (χ4v) is 2.74. The first-order chi connectivity index (χ1) is 9.79. The average Bonchev–Trinajstić information content (AvgIpc) is 2.41. The molecule has 1 N–H and O–H groups in total. The van der Waals surface area contributed by atoms with Crippen LogP contribution in [0.5, 0.6) is 0 Å². The number of carbonyl (C=O) groups excluding carboxylic acids is 1. The van der Waals surface area contributed by atoms with E-state index < -0.39 is 21.6 Å². The Balaban J connectivity index is 2.22. The van der Waals surface area contributed by atoms with Crippen molar-refractivity contribution < 1.29 is 17.6 Å². The lowest BCUT2D eigenvalue weighted by Gasteiger charge is -2.08. The molecule has 0 aliphatic heterocycles. The van der Waals surface area contributed by atoms with Crippen molar-refractivity contribution in [2.24, 2.45) is 0 Å². The van der Waals surface area contributed by atoms with E-state index in [1.807, 2.05) is 0 Å². The Hall–Kier alpha value is -1.73. The topological polar surface area (TPSA) is 63.2 Å². The molecule has 0 spiro atoms. The average molecular weight is 372 g/mol. The predicted molar refractivity (Wildman–Crippen MR) is 81.6 cm³/mol. The first kappa shape index (κ1) is 15.7. The molecule has 2 rings (SSSR count). The van der Waals surface area contributed by atoms with E-state index in [-0.39, 0.29) is 14.9 Å². The monoisotopic (exact) mass is 371 g/mol. The number of anilines is 1. The first-order valence-corrected chi connectivity index (χ1v) is 8.53. The second kappa shape index (κ2) is 5.95. The number of hydrogen-bond acceptors (Lipinski definition) is 3. The Morgan fingerprint density at radius 1 is 1.14 bits per heavy atom. The van der Waals surface area contributed by atoms with Gasteiger partial charge in [-0.15, -0.1) is 0 Å². The van der Waals surface area contributed by atoms with Crippen LogP contribution in [0.15, 0.2) is 51.8 Å². The Kier molecular flexibility index (Phi) is 4.43. The van der Waals surface area contributed by atoms with Crippen LogP contribution in [0, 0.1) is 5.82 Å². The van der Waals surface area contributed by atoms with Gasteiger partial charge in [-0.2, -0.15) is 0 Å². The molecule has 0 heterocycles. The van der Waals surface area contributed by atoms with Crippen LogP contribution in [0.1, 0.15) is 10.4 Å². The van der Waals surface area contributed by atoms with Gasteiger partial charge in [0.1, 0.15) is 5.82 Å². The van der Waals surface area contributed by atoms with Crippen molar-refractivity contribution in [3.63, 3.8) is 0 Å². The minimum Gasteiger partial charge on any atom is -0.322 e. The zero-order valence-corrected chi connectivity index (χ0v) is 13.3. The van der Waals surface area contributed by atoms with E-state index in [1.165, 1.54) is 42.5 Å². The largest absolute Gasteiger partial charge is 0.322 e. The molecule has 0 atom stereocenters. The number of hydrogen-bond donors (Lipinski definition) is 1. The molecule has 0 bridgehead atoms. The van der Waals surface area contributed by atoms with Gasteiger partial charge in [0, 0.05) is 11.9 Å². The lowest BCUT2D eigenvalue weighted by Crippen LogP contribution is -2.13. The number of halogens is 2. The second-order valence-electron chi connectivity index (χ2n) is 4.35. The maximum atomic E-state index is 13.4. The van der Waals surface area contributed by atoms with Crippen molar-refractivity contribution >= 4 is 37.4 Å². The molecule has 0 aromatic heterocycles. The van der Waals surface area contributed by atoms with Gasteiger partial charge in [0.15, 0.2) is 9.84 Å². The summed E-state index contributed by atoms with van der Waals surface area (Å²) in [5.41, 5.74) is 0.575. The summed E-state index contributed by atoms with van der Waals surface area (Å²) in [7, 11) is -3.28. The van der Waals surface area contributed by atoms with Crippen molar-refractivity contribution in [3.8, 4) is 0 Å². The minimum atomic E-state index is -3.28. The van der Waals surface area contributed by atoms with Crippen molar-refractivity contribution in [2.75, 3.05) is 11.6 Å². The highest BCUT2D eigenvalue weighted by molar-refractivity contribution is 9.10. The fourth-order valence-electron chi connectivity index (χ4n) is 1.66. The third kappa shape index (κ3) is 3.68. The highest BCUT2D eigenvalue weighted by atomic mass is 79.9. The van der Waals surface area contributed by atoms with Gasteiger partial charge in [-0.05, 0) is 52.3 Å². The number of benzene rings is 2. The number of amides is 1. The number of nitrogens with one attached hydrogen (secondary N) is 1. The number of rotatable bonds is 3. The predicted octanol–water partition coefficient (Wildman–Crippen LogP) is 3.24. The second-order valence-corrected chi connectivity index (χ2v) is 7.16. The number of carbonyl (C=O) groups is 1. The molecule has 2 aromatic rings. The van der Waals surface area contributed by atoms with Crippen LogP contribution in [-0.2, 0) is 9.84 Å². The summed E-state index contributed by atoms with van der Waals surface area (Å²) in [6.07, 6.45) is 1.10. The van der Waals surface area contributed by atoms with Crippen molar-refractivity contribution in [1.29, 1.82) is 0 Å². The number of sulfone groups is 1. The van der Waals surface area contributed by atoms with Crippen LogP contribution >= 0.6 is 15.9 Å². The Bertz CT molecular complexity index is 788. The molecule has 1 amide bonds.